The number of unbranched alkanes of at least 4 members (excludes halogenated alkanes) is 8. The van der Waals surface area contributed by atoms with Gasteiger partial charge in [-0.05, 0) is 77.1 Å². The Bertz CT molecular complexity index is 4560. The number of hydrogen-bond donors (Lipinski definition) is 3. The summed E-state index contributed by atoms with van der Waals surface area (Å²) in [5.41, 5.74) is 24.0. The minimum atomic E-state index is -10.7. The standard InChI is InChI=1S/C21H20N4O3S.C19H28N4O2S.C12H14N2OS.C11H11ClN4OS.3F6P/c1-2-3-4-7-10-28-17-11-16-18(12-15(17)24-22)29-21(23-16)25-19(26)13-8-5-6-9-14(13)20(25)27;1-2-3-4-5-6-7-10-25-17-14-18-16(13-15(17)22-20)21-19(26-18)23-8-11-24-12-9-23;1-9-3-2-4-10-11(9)13-12(16-10)14-5-7-15-8-6-14;12-7-5-8-10(9(6-7)15-13)18-11(14-8)16-1-3-17-4-2-16;3*1-7(2,3,4,5)6/h5-6,8-9,11-12,22H,2-4,7,10H2,1H3;13-14,20H,2-12H2,1H3;2-4H,5-8H2,1H3;5-6,13H,1-4H2;;;/q;;;;3*-1/p+3. The van der Waals surface area contributed by atoms with Crippen molar-refractivity contribution in [3.63, 3.8) is 0 Å². The summed E-state index contributed by atoms with van der Waals surface area (Å²) in [7, 11) is -32.0. The average Bonchev–Trinajstić information content (AvgIpc) is 1.63. The molecule has 3 saturated heterocycles. The Morgan fingerprint density at radius 2 is 0.827 bits per heavy atom. The molecule has 110 heavy (non-hydrogen) atoms. The number of ether oxygens (including phenoxy) is 5. The fourth-order valence-corrected chi connectivity index (χ4v) is 14.7. The van der Waals surface area contributed by atoms with E-state index in [1.807, 2.05) is 18.2 Å². The number of carbonyl (C=O) groups excluding carboxylic acids is 2. The number of hydrogen-bond acceptors (Lipinski definition) is 21. The maximum atomic E-state index is 12.7. The van der Waals surface area contributed by atoms with Crippen molar-refractivity contribution in [2.24, 2.45) is 15.3 Å². The van der Waals surface area contributed by atoms with Gasteiger partial charge in [-0.25, -0.2) is 24.8 Å². The smallest absolute Gasteiger partial charge is 0.186 e. The first-order valence-corrected chi connectivity index (χ1v) is 43.1. The molecule has 2 amide bonds. The molecule has 47 heteroatoms. The Hall–Kier alpha value is -7.20. The predicted molar refractivity (Wildman–Crippen MR) is 396 cm³/mol. The third kappa shape index (κ3) is 32.5. The van der Waals surface area contributed by atoms with E-state index in [9.17, 15) is 85.1 Å². The number of benzene rings is 5. The number of halogens is 19. The topological polar surface area (TPSA) is 259 Å². The molecule has 6 N–H and O–H groups in total. The van der Waals surface area contributed by atoms with Crippen LogP contribution in [0.4, 0.5) is 113 Å². The van der Waals surface area contributed by atoms with E-state index in [0.717, 1.165) is 161 Å². The quantitative estimate of drug-likeness (QED) is 0.0199. The van der Waals surface area contributed by atoms with Crippen LogP contribution in [0.2, 0.25) is 5.02 Å². The zero-order valence-corrected chi connectivity index (χ0v) is 65.3. The molecule has 0 radical (unpaired) electrons. The van der Waals surface area contributed by atoms with Crippen LogP contribution in [0.25, 0.3) is 40.9 Å². The molecule has 0 spiro atoms. The van der Waals surface area contributed by atoms with Gasteiger partial charge in [-0.15, -0.1) is 0 Å². The zero-order chi connectivity index (χ0) is 81.3. The molecule has 13 rings (SSSR count). The molecule has 9 aromatic rings. The molecular formula is C63H76ClF18N14O7P3S4. The van der Waals surface area contributed by atoms with Gasteiger partial charge in [0, 0.05) is 62.5 Å². The molecule has 4 aromatic heterocycles. The Morgan fingerprint density at radius 3 is 1.30 bits per heavy atom. The Morgan fingerprint density at radius 1 is 0.445 bits per heavy atom. The number of nitrogens with two attached hydrogens (primary N) is 3. The summed E-state index contributed by atoms with van der Waals surface area (Å²) in [5.74, 6) is 0.586. The largest absolute Gasteiger partial charge is 0.378 e. The fraction of sp³-hybridized carbons (Fsp3) is 0.429. The maximum Gasteiger partial charge on any atom is 0.186 e. The average molecular weight is 1740 g/mol. The van der Waals surface area contributed by atoms with E-state index in [1.165, 1.54) is 60.1 Å². The summed E-state index contributed by atoms with van der Waals surface area (Å²) in [5, 5.41) is 15.5. The maximum absolute atomic E-state index is 12.7. The van der Waals surface area contributed by atoms with E-state index in [4.69, 9.17) is 61.8 Å². The van der Waals surface area contributed by atoms with Crippen molar-refractivity contribution >= 4 is 171 Å². The second-order valence-corrected chi connectivity index (χ2v) is 34.5. The number of anilines is 4. The van der Waals surface area contributed by atoms with Crippen molar-refractivity contribution in [3.8, 4) is 11.5 Å². The van der Waals surface area contributed by atoms with Crippen molar-refractivity contribution in [3.05, 3.63) is 101 Å². The molecule has 0 atom stereocenters. The van der Waals surface area contributed by atoms with Crippen LogP contribution in [-0.2, 0) is 14.2 Å². The molecule has 3 fully saturated rings. The van der Waals surface area contributed by atoms with Gasteiger partial charge in [0.05, 0.1) is 105 Å². The van der Waals surface area contributed by atoms with E-state index in [0.29, 0.717) is 62.8 Å². The number of nitrogens with zero attached hydrogens (tertiary/aromatic N) is 11. The van der Waals surface area contributed by atoms with Crippen molar-refractivity contribution < 1.29 is 125 Å². The van der Waals surface area contributed by atoms with E-state index in [-0.39, 0.29) is 11.8 Å². The number of morpholine rings is 3. The van der Waals surface area contributed by atoms with Gasteiger partial charge >= 0.3 is 99.0 Å². The monoisotopic (exact) mass is 1740 g/mol. The molecule has 4 aliphatic rings. The van der Waals surface area contributed by atoms with Crippen LogP contribution in [0.5, 0.6) is 11.5 Å². The van der Waals surface area contributed by atoms with E-state index >= 15 is 0 Å². The molecule has 612 valence electrons. The molecule has 8 heterocycles. The van der Waals surface area contributed by atoms with Crippen molar-refractivity contribution in [2.45, 2.75) is 85.0 Å². The molecule has 21 nitrogen and oxygen atoms in total. The number of fused-ring (bicyclic) bond motifs is 5. The first-order chi connectivity index (χ1) is 50.9. The number of rotatable bonds is 21. The van der Waals surface area contributed by atoms with Gasteiger partial charge in [0.1, 0.15) is 0 Å². The van der Waals surface area contributed by atoms with Crippen LogP contribution >= 0.6 is 80.4 Å². The molecule has 0 bridgehead atoms. The van der Waals surface area contributed by atoms with Crippen LogP contribution in [0.15, 0.2) is 94.2 Å². The molecule has 5 aromatic carbocycles. The number of thiazole rings is 4. The summed E-state index contributed by atoms with van der Waals surface area (Å²) in [6, 6.07) is 24.2. The summed E-state index contributed by atoms with van der Waals surface area (Å²) < 4.78 is 210. The fourth-order valence-electron chi connectivity index (χ4n) is 10.3. The van der Waals surface area contributed by atoms with Crippen LogP contribution in [0.1, 0.15) is 104 Å². The number of aromatic nitrogens is 4. The normalized spacial score (nSPS) is 16.5. The SMILES string of the molecule is CCCCCCCCOc1cc2sc(N3CCOCC3)nc2cc1N=[NH2+].CCCCCCOc1cc2nc(N3C(=O)c4ccccc4C3=O)sc2cc1N=[NH2+].Cc1cccc2sc(N3CCOCC3)nc12.F[P-](F)(F)(F)(F)F.F[P-](F)(F)(F)(F)F.F[P-](F)(F)(F)(F)F.[NH2+]=Nc1cc(Cl)cc2nc(N3CCOCC3)sc12. The van der Waals surface area contributed by atoms with Gasteiger partial charge in [0.25, 0.3) is 11.8 Å². The third-order valence-corrected chi connectivity index (χ3v) is 19.7. The Kier molecular flexibility index (Phi) is 28.7. The minimum Gasteiger partial charge on any atom is -0.378 e. The van der Waals surface area contributed by atoms with Gasteiger partial charge in [0.2, 0.25) is 5.13 Å². The summed E-state index contributed by atoms with van der Waals surface area (Å²) >= 11 is 12.3. The Balaban J connectivity index is 0.000000190. The van der Waals surface area contributed by atoms with Crippen LogP contribution in [-0.4, -0.2) is 124 Å². The number of imide groups is 1. The number of aryl methyl sites for hydroxylation is 1. The van der Waals surface area contributed by atoms with Gasteiger partial charge in [0.15, 0.2) is 44.0 Å². The minimum absolute atomic E-state index is 0.328. The van der Waals surface area contributed by atoms with Crippen LogP contribution in [0.3, 0.4) is 0 Å². The second-order valence-electron chi connectivity index (χ2n) is 24.3. The van der Waals surface area contributed by atoms with Crippen molar-refractivity contribution in [1.82, 2.24) is 19.9 Å². The summed E-state index contributed by atoms with van der Waals surface area (Å²) in [6.45, 7) is 17.8. The third-order valence-electron chi connectivity index (χ3n) is 15.2. The van der Waals surface area contributed by atoms with Crippen LogP contribution < -0.4 is 45.7 Å². The van der Waals surface area contributed by atoms with Crippen molar-refractivity contribution in [2.75, 3.05) is 112 Å². The van der Waals surface area contributed by atoms with Crippen LogP contribution in [0, 0.1) is 6.92 Å². The molecule has 0 saturated carbocycles. The number of carbonyl (C=O) groups is 2. The first-order valence-electron chi connectivity index (χ1n) is 33.4. The molecule has 0 unspecified atom stereocenters. The zero-order valence-electron chi connectivity index (χ0n) is 58.6. The summed E-state index contributed by atoms with van der Waals surface area (Å²) in [4.78, 5) is 51.9. The predicted octanol–water partition coefficient (Wildman–Crippen LogP) is 21.8. The van der Waals surface area contributed by atoms with E-state index < -0.39 is 23.4 Å². The Labute approximate surface area is 636 Å². The first kappa shape index (κ1) is 90.0. The second kappa shape index (κ2) is 35.0. The van der Waals surface area contributed by atoms with Gasteiger partial charge in [-0.1, -0.05) is 146 Å². The number of para-hydroxylation sites is 1. The van der Waals surface area contributed by atoms with Crippen molar-refractivity contribution in [1.29, 1.82) is 0 Å². The molecular weight excluding hydrogens is 1660 g/mol. The van der Waals surface area contributed by atoms with E-state index in [2.05, 4.69) is 79.0 Å². The van der Waals surface area contributed by atoms with Gasteiger partial charge < -0.3 is 38.4 Å². The van der Waals surface area contributed by atoms with Gasteiger partial charge in [-0.3, -0.25) is 9.59 Å². The molecule has 0 aliphatic carbocycles. The molecule has 4 aliphatic heterocycles. The summed E-state index contributed by atoms with van der Waals surface area (Å²) in [6.07, 6.45) is 11.9. The number of amides is 2. The van der Waals surface area contributed by atoms with Gasteiger partial charge in [-0.2, -0.15) is 16.6 Å². The van der Waals surface area contributed by atoms with E-state index in [1.54, 1.807) is 76.5 Å².